The van der Waals surface area contributed by atoms with Gasteiger partial charge in [0.1, 0.15) is 5.84 Å². The Kier molecular flexibility index (Phi) is 7.40. The molecule has 0 bridgehead atoms. The first-order chi connectivity index (χ1) is 17.8. The van der Waals surface area contributed by atoms with E-state index in [1.165, 1.54) is 18.2 Å². The highest BCUT2D eigenvalue weighted by Crippen LogP contribution is 2.29. The van der Waals surface area contributed by atoms with Crippen LogP contribution in [0.1, 0.15) is 42.2 Å². The smallest absolute Gasteiger partial charge is 0.336 e. The fourth-order valence-electron chi connectivity index (χ4n) is 3.83. The van der Waals surface area contributed by atoms with E-state index in [1.54, 1.807) is 48.5 Å². The van der Waals surface area contributed by atoms with Gasteiger partial charge in [-0.1, -0.05) is 54.6 Å². The third kappa shape index (κ3) is 5.88. The van der Waals surface area contributed by atoms with E-state index in [9.17, 15) is 19.5 Å². The van der Waals surface area contributed by atoms with E-state index < -0.39 is 17.8 Å². The Morgan fingerprint density at radius 3 is 2.03 bits per heavy atom. The molecule has 0 atom stereocenters. The third-order valence-corrected chi connectivity index (χ3v) is 5.72. The molecule has 0 saturated heterocycles. The van der Waals surface area contributed by atoms with Crippen LogP contribution in [0, 0.1) is 5.41 Å². The molecule has 0 aromatic heterocycles. The molecule has 4 aromatic rings. The predicted octanol–water partition coefficient (Wildman–Crippen LogP) is 4.52. The highest BCUT2D eigenvalue weighted by molar-refractivity contribution is 6.11. The molecule has 0 fully saturated rings. The summed E-state index contributed by atoms with van der Waals surface area (Å²) in [6, 6.07) is 26.9. The Balaban J connectivity index is 1.60. The molecule has 184 valence electrons. The van der Waals surface area contributed by atoms with Gasteiger partial charge in [-0.25, -0.2) is 4.79 Å². The van der Waals surface area contributed by atoms with Crippen molar-refractivity contribution in [3.63, 3.8) is 0 Å². The van der Waals surface area contributed by atoms with Crippen LogP contribution >= 0.6 is 0 Å². The van der Waals surface area contributed by atoms with Crippen molar-refractivity contribution in [2.45, 2.75) is 6.54 Å². The summed E-state index contributed by atoms with van der Waals surface area (Å²) in [5.74, 6) is -2.14. The lowest BCUT2D eigenvalue weighted by Crippen LogP contribution is -2.23. The molecule has 2 amide bonds. The third-order valence-electron chi connectivity index (χ3n) is 5.72. The number of rotatable bonds is 8. The van der Waals surface area contributed by atoms with Gasteiger partial charge >= 0.3 is 5.97 Å². The number of carbonyl (C=O) groups excluding carboxylic acids is 2. The van der Waals surface area contributed by atoms with Gasteiger partial charge in [0, 0.05) is 28.9 Å². The van der Waals surface area contributed by atoms with E-state index in [0.717, 1.165) is 5.56 Å². The summed E-state index contributed by atoms with van der Waals surface area (Å²) in [5.41, 5.74) is 8.50. The van der Waals surface area contributed by atoms with Crippen molar-refractivity contribution < 1.29 is 19.5 Å². The van der Waals surface area contributed by atoms with Crippen LogP contribution in [-0.4, -0.2) is 28.7 Å². The summed E-state index contributed by atoms with van der Waals surface area (Å²) in [5, 5.41) is 23.0. The first-order valence-electron chi connectivity index (χ1n) is 11.4. The van der Waals surface area contributed by atoms with Crippen LogP contribution in [0.5, 0.6) is 0 Å². The highest BCUT2D eigenvalue weighted by atomic mass is 16.4. The molecule has 0 unspecified atom stereocenters. The molecule has 8 nitrogen and oxygen atoms in total. The Bertz CT molecular complexity index is 1480. The second-order valence-electron chi connectivity index (χ2n) is 8.22. The molecule has 6 N–H and O–H groups in total. The summed E-state index contributed by atoms with van der Waals surface area (Å²) in [6.45, 7) is 0.306. The molecule has 0 heterocycles. The lowest BCUT2D eigenvalue weighted by Gasteiger charge is -2.14. The van der Waals surface area contributed by atoms with E-state index in [4.69, 9.17) is 11.1 Å². The summed E-state index contributed by atoms with van der Waals surface area (Å²) in [7, 11) is 0. The topological polar surface area (TPSA) is 145 Å². The molecule has 0 radical (unpaired) electrons. The molecule has 4 rings (SSSR count). The van der Waals surface area contributed by atoms with Crippen molar-refractivity contribution in [3.05, 3.63) is 125 Å². The van der Waals surface area contributed by atoms with Crippen molar-refractivity contribution in [1.29, 1.82) is 5.41 Å². The average molecular weight is 493 g/mol. The minimum absolute atomic E-state index is 0.0818. The highest BCUT2D eigenvalue weighted by Gasteiger charge is 2.20. The normalized spacial score (nSPS) is 10.4. The molecule has 0 spiro atoms. The van der Waals surface area contributed by atoms with Gasteiger partial charge in [-0.15, -0.1) is 0 Å². The van der Waals surface area contributed by atoms with Gasteiger partial charge in [-0.2, -0.15) is 0 Å². The van der Waals surface area contributed by atoms with Gasteiger partial charge in [0.15, 0.2) is 0 Å². The van der Waals surface area contributed by atoms with Crippen molar-refractivity contribution in [1.82, 2.24) is 5.32 Å². The summed E-state index contributed by atoms with van der Waals surface area (Å²) < 4.78 is 0. The molecule has 8 heteroatoms. The number of amides is 2. The maximum absolute atomic E-state index is 13.1. The predicted molar refractivity (Wildman–Crippen MR) is 142 cm³/mol. The Morgan fingerprint density at radius 2 is 1.35 bits per heavy atom. The number of hydrogen-bond acceptors (Lipinski definition) is 4. The number of aromatic carboxylic acids is 1. The second-order valence-corrected chi connectivity index (χ2v) is 8.22. The van der Waals surface area contributed by atoms with Gasteiger partial charge in [-0.05, 0) is 59.2 Å². The minimum Gasteiger partial charge on any atom is -0.478 e. The van der Waals surface area contributed by atoms with Gasteiger partial charge in [-0.3, -0.25) is 15.0 Å². The van der Waals surface area contributed by atoms with Crippen molar-refractivity contribution in [2.24, 2.45) is 5.73 Å². The molecular formula is C29H24N4O4. The van der Waals surface area contributed by atoms with Crippen LogP contribution in [-0.2, 0) is 6.54 Å². The van der Waals surface area contributed by atoms with E-state index in [-0.39, 0.29) is 22.5 Å². The molecule has 37 heavy (non-hydrogen) atoms. The number of benzene rings is 4. The largest absolute Gasteiger partial charge is 0.478 e. The van der Waals surface area contributed by atoms with Crippen molar-refractivity contribution >= 4 is 29.3 Å². The Hall–Kier alpha value is -5.24. The summed E-state index contributed by atoms with van der Waals surface area (Å²) in [6.07, 6.45) is 0. The first-order valence-corrected chi connectivity index (χ1v) is 11.4. The fraction of sp³-hybridized carbons (Fsp3) is 0.0345. The summed E-state index contributed by atoms with van der Waals surface area (Å²) >= 11 is 0. The molecule has 4 aromatic carbocycles. The van der Waals surface area contributed by atoms with E-state index in [2.05, 4.69) is 10.6 Å². The standard InChI is InChI=1S/C29H24N4O4/c30-26(31)19-10-13-21(14-11-19)33-28(35)24-9-5-4-8-22(24)23-15-12-20(16-25(23)29(36)37)27(34)32-17-18-6-2-1-3-7-18/h1-16H,17H2,(H3,30,31)(H,32,34)(H,33,35)(H,36,37). The van der Waals surface area contributed by atoms with E-state index in [0.29, 0.717) is 28.9 Å². The quantitative estimate of drug-likeness (QED) is 0.181. The van der Waals surface area contributed by atoms with Crippen LogP contribution in [0.3, 0.4) is 0 Å². The SMILES string of the molecule is N=C(N)c1ccc(NC(=O)c2ccccc2-c2ccc(C(=O)NCc3ccccc3)cc2C(=O)O)cc1. The van der Waals surface area contributed by atoms with Crippen LogP contribution in [0.4, 0.5) is 5.69 Å². The Morgan fingerprint density at radius 1 is 0.730 bits per heavy atom. The zero-order valence-corrected chi connectivity index (χ0v) is 19.7. The molecule has 0 aliphatic rings. The molecule has 0 saturated carbocycles. The number of nitrogens with two attached hydrogens (primary N) is 1. The van der Waals surface area contributed by atoms with Crippen molar-refractivity contribution in [3.8, 4) is 11.1 Å². The lowest BCUT2D eigenvalue weighted by atomic mass is 9.93. The van der Waals surface area contributed by atoms with Gasteiger partial charge in [0.2, 0.25) is 0 Å². The van der Waals surface area contributed by atoms with E-state index >= 15 is 0 Å². The van der Waals surface area contributed by atoms with Gasteiger partial charge < -0.3 is 21.5 Å². The average Bonchev–Trinajstić information content (AvgIpc) is 2.92. The number of carboxylic acids is 1. The number of nitrogens with one attached hydrogen (secondary N) is 3. The zero-order valence-electron chi connectivity index (χ0n) is 19.7. The number of carbonyl (C=O) groups is 3. The molecule has 0 aliphatic carbocycles. The second kappa shape index (κ2) is 11.0. The maximum Gasteiger partial charge on any atom is 0.336 e. The maximum atomic E-state index is 13.1. The van der Waals surface area contributed by atoms with Gasteiger partial charge in [0.25, 0.3) is 11.8 Å². The number of hydrogen-bond donors (Lipinski definition) is 5. The molecule has 0 aliphatic heterocycles. The molecular weight excluding hydrogens is 468 g/mol. The zero-order chi connectivity index (χ0) is 26.4. The Labute approximate surface area is 213 Å². The first kappa shape index (κ1) is 24.9. The van der Waals surface area contributed by atoms with Crippen molar-refractivity contribution in [2.75, 3.05) is 5.32 Å². The number of carboxylic acid groups (broad SMARTS) is 1. The van der Waals surface area contributed by atoms with Gasteiger partial charge in [0.05, 0.1) is 5.56 Å². The van der Waals surface area contributed by atoms with Crippen LogP contribution in [0.25, 0.3) is 11.1 Å². The summed E-state index contributed by atoms with van der Waals surface area (Å²) in [4.78, 5) is 38.0. The minimum atomic E-state index is -1.22. The van der Waals surface area contributed by atoms with E-state index in [1.807, 2.05) is 30.3 Å². The number of anilines is 1. The van der Waals surface area contributed by atoms with Crippen LogP contribution < -0.4 is 16.4 Å². The van der Waals surface area contributed by atoms with Crippen LogP contribution in [0.2, 0.25) is 0 Å². The number of nitrogen functional groups attached to an aromatic ring is 1. The monoisotopic (exact) mass is 492 g/mol. The number of amidine groups is 1. The van der Waals surface area contributed by atoms with Crippen LogP contribution in [0.15, 0.2) is 97.1 Å². The fourth-order valence-corrected chi connectivity index (χ4v) is 3.83. The lowest BCUT2D eigenvalue weighted by molar-refractivity contribution is 0.0697.